The molecular formula is C20H22N2O5. The highest BCUT2D eigenvalue weighted by molar-refractivity contribution is 6.00. The Morgan fingerprint density at radius 3 is 2.56 bits per heavy atom. The predicted octanol–water partition coefficient (Wildman–Crippen LogP) is 3.73. The monoisotopic (exact) mass is 370 g/mol. The number of amides is 1. The van der Waals surface area contributed by atoms with Crippen molar-refractivity contribution in [3.63, 3.8) is 0 Å². The van der Waals surface area contributed by atoms with E-state index >= 15 is 0 Å². The normalized spacial score (nSPS) is 16.1. The van der Waals surface area contributed by atoms with Gasteiger partial charge in [0.1, 0.15) is 12.4 Å². The molecule has 1 heterocycles. The highest BCUT2D eigenvalue weighted by Gasteiger charge is 2.37. The molecule has 1 atom stereocenters. The third-order valence-electron chi connectivity index (χ3n) is 4.42. The van der Waals surface area contributed by atoms with Crippen LogP contribution in [0.2, 0.25) is 0 Å². The van der Waals surface area contributed by atoms with E-state index in [9.17, 15) is 14.9 Å². The summed E-state index contributed by atoms with van der Waals surface area (Å²) in [4.78, 5) is 25.0. The molecule has 0 aromatic heterocycles. The Morgan fingerprint density at radius 2 is 1.93 bits per heavy atom. The largest absolute Gasteiger partial charge is 0.492 e. The molecule has 0 saturated heterocycles. The lowest BCUT2D eigenvalue weighted by Crippen LogP contribution is -2.49. The number of fused-ring (bicyclic) bond motifs is 1. The number of hydrogen-bond acceptors (Lipinski definition) is 5. The summed E-state index contributed by atoms with van der Waals surface area (Å²) >= 11 is 0. The lowest BCUT2D eigenvalue weighted by Gasteiger charge is -2.35. The fourth-order valence-corrected chi connectivity index (χ4v) is 2.93. The predicted molar refractivity (Wildman–Crippen MR) is 101 cm³/mol. The molecule has 0 saturated carbocycles. The average molecular weight is 370 g/mol. The molecule has 0 aliphatic carbocycles. The number of carbonyl (C=O) groups is 1. The van der Waals surface area contributed by atoms with Crippen LogP contribution in [-0.4, -0.2) is 30.1 Å². The average Bonchev–Trinajstić information content (AvgIpc) is 2.64. The summed E-state index contributed by atoms with van der Waals surface area (Å²) in [7, 11) is 0. The number of nitro groups is 1. The zero-order chi connectivity index (χ0) is 19.6. The van der Waals surface area contributed by atoms with Gasteiger partial charge in [-0.1, -0.05) is 31.5 Å². The fourth-order valence-electron chi connectivity index (χ4n) is 2.93. The Hall–Kier alpha value is -3.09. The molecule has 1 aliphatic heterocycles. The van der Waals surface area contributed by atoms with Gasteiger partial charge in [0.25, 0.3) is 11.6 Å². The molecule has 0 spiro atoms. The van der Waals surface area contributed by atoms with Crippen LogP contribution in [-0.2, 0) is 4.79 Å². The van der Waals surface area contributed by atoms with Crippen molar-refractivity contribution in [2.24, 2.45) is 5.92 Å². The third kappa shape index (κ3) is 4.02. The molecule has 27 heavy (non-hydrogen) atoms. The van der Waals surface area contributed by atoms with Crippen molar-refractivity contribution < 1.29 is 19.2 Å². The Balaban J connectivity index is 1.80. The topological polar surface area (TPSA) is 81.9 Å². The highest BCUT2D eigenvalue weighted by Crippen LogP contribution is 2.38. The molecule has 0 radical (unpaired) electrons. The summed E-state index contributed by atoms with van der Waals surface area (Å²) in [6, 6.07) is 12.0. The maximum Gasteiger partial charge on any atom is 0.273 e. The van der Waals surface area contributed by atoms with Gasteiger partial charge in [-0.15, -0.1) is 0 Å². The Kier molecular flexibility index (Phi) is 5.30. The first-order valence-electron chi connectivity index (χ1n) is 8.83. The van der Waals surface area contributed by atoms with Crippen LogP contribution < -0.4 is 14.4 Å². The van der Waals surface area contributed by atoms with E-state index in [1.54, 1.807) is 11.0 Å². The van der Waals surface area contributed by atoms with Crippen LogP contribution in [0, 0.1) is 23.0 Å². The molecular weight excluding hydrogens is 348 g/mol. The second kappa shape index (κ2) is 7.65. The van der Waals surface area contributed by atoms with Gasteiger partial charge in [-0.05, 0) is 31.0 Å². The quantitative estimate of drug-likeness (QED) is 0.572. The van der Waals surface area contributed by atoms with Crippen LogP contribution in [0.4, 0.5) is 11.4 Å². The van der Waals surface area contributed by atoms with Gasteiger partial charge in [0.2, 0.25) is 0 Å². The molecule has 2 aromatic rings. The summed E-state index contributed by atoms with van der Waals surface area (Å²) in [6.45, 7) is 6.39. The van der Waals surface area contributed by atoms with Gasteiger partial charge in [-0.2, -0.15) is 0 Å². The van der Waals surface area contributed by atoms with Crippen LogP contribution in [0.5, 0.6) is 11.5 Å². The maximum absolute atomic E-state index is 12.8. The second-order valence-electron chi connectivity index (χ2n) is 6.84. The number of nitrogens with zero attached hydrogens (tertiary/aromatic N) is 2. The Labute approximate surface area is 157 Å². The third-order valence-corrected chi connectivity index (χ3v) is 4.42. The number of nitro benzene ring substituents is 1. The van der Waals surface area contributed by atoms with E-state index in [1.807, 2.05) is 45.0 Å². The van der Waals surface area contributed by atoms with E-state index in [0.717, 1.165) is 11.3 Å². The zero-order valence-corrected chi connectivity index (χ0v) is 15.5. The van der Waals surface area contributed by atoms with Crippen molar-refractivity contribution in [3.8, 4) is 11.5 Å². The standard InChI is InChI=1S/C20H22N2O5/c1-13(2)19-20(23)21(10-11-26-16-7-4-14(3)5-8-16)17-9-6-15(22(24)25)12-18(17)27-19/h4-9,12-13,19H,10-11H2,1-3H3. The summed E-state index contributed by atoms with van der Waals surface area (Å²) in [5.41, 5.74) is 1.59. The van der Waals surface area contributed by atoms with Crippen LogP contribution in [0.25, 0.3) is 0 Å². The minimum absolute atomic E-state index is 0.0644. The van der Waals surface area contributed by atoms with Crippen molar-refractivity contribution in [3.05, 3.63) is 58.1 Å². The smallest absolute Gasteiger partial charge is 0.273 e. The van der Waals surface area contributed by atoms with Gasteiger partial charge in [0, 0.05) is 6.07 Å². The number of aryl methyl sites for hydroxylation is 1. The molecule has 1 amide bonds. The van der Waals surface area contributed by atoms with E-state index in [1.165, 1.54) is 12.1 Å². The van der Waals surface area contributed by atoms with Gasteiger partial charge in [0.05, 0.1) is 23.2 Å². The van der Waals surface area contributed by atoms with Crippen molar-refractivity contribution in [2.75, 3.05) is 18.1 Å². The molecule has 1 unspecified atom stereocenters. The molecule has 0 bridgehead atoms. The van der Waals surface area contributed by atoms with Crippen molar-refractivity contribution >= 4 is 17.3 Å². The van der Waals surface area contributed by atoms with Crippen LogP contribution in [0.15, 0.2) is 42.5 Å². The van der Waals surface area contributed by atoms with E-state index in [2.05, 4.69) is 0 Å². The number of anilines is 1. The number of benzene rings is 2. The van der Waals surface area contributed by atoms with Crippen molar-refractivity contribution in [2.45, 2.75) is 26.9 Å². The van der Waals surface area contributed by atoms with Gasteiger partial charge >= 0.3 is 0 Å². The van der Waals surface area contributed by atoms with E-state index in [0.29, 0.717) is 24.6 Å². The Bertz CT molecular complexity index is 848. The highest BCUT2D eigenvalue weighted by atomic mass is 16.6. The Morgan fingerprint density at radius 1 is 1.22 bits per heavy atom. The molecule has 1 aliphatic rings. The molecule has 3 rings (SSSR count). The summed E-state index contributed by atoms with van der Waals surface area (Å²) in [5.74, 6) is 0.841. The summed E-state index contributed by atoms with van der Waals surface area (Å²) in [5, 5.41) is 11.1. The number of ether oxygens (including phenoxy) is 2. The molecule has 2 aromatic carbocycles. The zero-order valence-electron chi connectivity index (χ0n) is 15.5. The van der Waals surface area contributed by atoms with Crippen molar-refractivity contribution in [1.29, 1.82) is 0 Å². The molecule has 0 fully saturated rings. The molecule has 7 nitrogen and oxygen atoms in total. The van der Waals surface area contributed by atoms with Crippen LogP contribution in [0.1, 0.15) is 19.4 Å². The first kappa shape index (κ1) is 18.7. The minimum Gasteiger partial charge on any atom is -0.492 e. The van der Waals surface area contributed by atoms with Crippen molar-refractivity contribution in [1.82, 2.24) is 0 Å². The SMILES string of the molecule is Cc1ccc(OCCN2C(=O)C(C(C)C)Oc3cc([N+](=O)[O-])ccc32)cc1. The molecule has 142 valence electrons. The number of rotatable bonds is 6. The number of non-ortho nitro benzene ring substituents is 1. The lowest BCUT2D eigenvalue weighted by molar-refractivity contribution is -0.384. The second-order valence-corrected chi connectivity index (χ2v) is 6.84. The number of hydrogen-bond donors (Lipinski definition) is 0. The van der Waals surface area contributed by atoms with Gasteiger partial charge in [-0.3, -0.25) is 14.9 Å². The molecule has 7 heteroatoms. The molecule has 0 N–H and O–H groups in total. The first-order chi connectivity index (χ1) is 12.9. The van der Waals surface area contributed by atoms with E-state index in [4.69, 9.17) is 9.47 Å². The van der Waals surface area contributed by atoms with Crippen LogP contribution >= 0.6 is 0 Å². The summed E-state index contributed by atoms with van der Waals surface area (Å²) in [6.07, 6.45) is -0.682. The van der Waals surface area contributed by atoms with Gasteiger partial charge in [0.15, 0.2) is 11.9 Å². The van der Waals surface area contributed by atoms with E-state index in [-0.39, 0.29) is 17.5 Å². The minimum atomic E-state index is -0.682. The summed E-state index contributed by atoms with van der Waals surface area (Å²) < 4.78 is 11.5. The van der Waals surface area contributed by atoms with Gasteiger partial charge in [-0.25, -0.2) is 0 Å². The lowest BCUT2D eigenvalue weighted by atomic mass is 10.0. The maximum atomic E-state index is 12.8. The number of carbonyl (C=O) groups excluding carboxylic acids is 1. The fraction of sp³-hybridized carbons (Fsp3) is 0.350. The van der Waals surface area contributed by atoms with Crippen LogP contribution in [0.3, 0.4) is 0 Å². The van der Waals surface area contributed by atoms with Gasteiger partial charge < -0.3 is 14.4 Å². The first-order valence-corrected chi connectivity index (χ1v) is 8.83. The van der Waals surface area contributed by atoms with E-state index < -0.39 is 11.0 Å².